The lowest BCUT2D eigenvalue weighted by Gasteiger charge is -2.25. The van der Waals surface area contributed by atoms with Crippen molar-refractivity contribution in [3.63, 3.8) is 0 Å². The van der Waals surface area contributed by atoms with Crippen LogP contribution in [0.15, 0.2) is 48.9 Å². The van der Waals surface area contributed by atoms with E-state index in [-0.39, 0.29) is 6.10 Å². The fourth-order valence-corrected chi connectivity index (χ4v) is 3.57. The highest BCUT2D eigenvalue weighted by Crippen LogP contribution is 2.24. The number of methoxy groups -OCH3 is 1. The van der Waals surface area contributed by atoms with Gasteiger partial charge in [0.25, 0.3) is 0 Å². The summed E-state index contributed by atoms with van der Waals surface area (Å²) in [7, 11) is 1.78. The third kappa shape index (κ3) is 3.50. The number of fused-ring (bicyclic) bond motifs is 1. The van der Waals surface area contributed by atoms with E-state index in [4.69, 9.17) is 4.74 Å². The first-order valence-corrected chi connectivity index (χ1v) is 8.66. The maximum absolute atomic E-state index is 5.58. The van der Waals surface area contributed by atoms with E-state index < -0.39 is 0 Å². The van der Waals surface area contributed by atoms with Gasteiger partial charge in [-0.05, 0) is 30.0 Å². The molecule has 4 rings (SSSR count). The van der Waals surface area contributed by atoms with E-state index in [0.29, 0.717) is 6.04 Å². The minimum absolute atomic E-state index is 0.245. The van der Waals surface area contributed by atoms with E-state index in [1.54, 1.807) is 19.6 Å². The molecule has 6 nitrogen and oxygen atoms in total. The molecule has 0 spiro atoms. The van der Waals surface area contributed by atoms with Gasteiger partial charge in [0, 0.05) is 50.2 Å². The molecule has 25 heavy (non-hydrogen) atoms. The molecule has 130 valence electrons. The fourth-order valence-electron chi connectivity index (χ4n) is 3.57. The SMILES string of the molecule is CO[C@@H]1C[C@H](CNCc2cc3ccccc3[nH]2)N(c2ccncn2)C1. The Morgan fingerprint density at radius 1 is 1.32 bits per heavy atom. The number of H-pyrrole nitrogens is 1. The van der Waals surface area contributed by atoms with Crippen molar-refractivity contribution in [3.05, 3.63) is 54.6 Å². The topological polar surface area (TPSA) is 66.1 Å². The van der Waals surface area contributed by atoms with Crippen LogP contribution in [0.2, 0.25) is 0 Å². The third-order valence-electron chi connectivity index (χ3n) is 4.85. The second-order valence-electron chi connectivity index (χ2n) is 6.48. The molecule has 3 aromatic rings. The van der Waals surface area contributed by atoms with Crippen LogP contribution >= 0.6 is 0 Å². The van der Waals surface area contributed by atoms with E-state index in [1.165, 1.54) is 16.6 Å². The summed E-state index contributed by atoms with van der Waals surface area (Å²) in [6.07, 6.45) is 4.64. The average Bonchev–Trinajstić information content (AvgIpc) is 3.26. The van der Waals surface area contributed by atoms with Gasteiger partial charge >= 0.3 is 0 Å². The van der Waals surface area contributed by atoms with Gasteiger partial charge < -0.3 is 19.9 Å². The Kier molecular flexibility index (Phi) is 4.63. The van der Waals surface area contributed by atoms with Gasteiger partial charge in [-0.15, -0.1) is 0 Å². The maximum atomic E-state index is 5.58. The van der Waals surface area contributed by atoms with E-state index in [0.717, 1.165) is 31.9 Å². The lowest BCUT2D eigenvalue weighted by atomic mass is 10.2. The van der Waals surface area contributed by atoms with Gasteiger partial charge in [0.15, 0.2) is 0 Å². The Morgan fingerprint density at radius 2 is 2.24 bits per heavy atom. The number of aromatic amines is 1. The molecule has 0 unspecified atom stereocenters. The predicted octanol–water partition coefficient (Wildman–Crippen LogP) is 2.34. The first-order valence-electron chi connectivity index (χ1n) is 8.66. The first-order chi connectivity index (χ1) is 12.3. The Bertz CT molecular complexity index is 786. The molecule has 1 aliphatic rings. The summed E-state index contributed by atoms with van der Waals surface area (Å²) in [5, 5.41) is 4.83. The van der Waals surface area contributed by atoms with Crippen LogP contribution in [0.3, 0.4) is 0 Å². The molecule has 1 fully saturated rings. The molecule has 0 aliphatic carbocycles. The summed E-state index contributed by atoms with van der Waals surface area (Å²) in [6, 6.07) is 12.9. The minimum Gasteiger partial charge on any atom is -0.380 e. The molecular formula is C19H23N5O. The molecule has 0 amide bonds. The van der Waals surface area contributed by atoms with Crippen LogP contribution in [0.1, 0.15) is 12.1 Å². The normalized spacial score (nSPS) is 20.4. The van der Waals surface area contributed by atoms with Crippen LogP contribution in [0.5, 0.6) is 0 Å². The van der Waals surface area contributed by atoms with E-state index >= 15 is 0 Å². The van der Waals surface area contributed by atoms with Gasteiger partial charge in [0.1, 0.15) is 12.1 Å². The van der Waals surface area contributed by atoms with Crippen molar-refractivity contribution in [1.82, 2.24) is 20.3 Å². The molecule has 0 radical (unpaired) electrons. The van der Waals surface area contributed by atoms with Crippen molar-refractivity contribution < 1.29 is 4.74 Å². The number of hydrogen-bond donors (Lipinski definition) is 2. The number of nitrogens with one attached hydrogen (secondary N) is 2. The second kappa shape index (κ2) is 7.21. The zero-order valence-corrected chi connectivity index (χ0v) is 14.4. The third-order valence-corrected chi connectivity index (χ3v) is 4.85. The van der Waals surface area contributed by atoms with Gasteiger partial charge in [0.2, 0.25) is 0 Å². The number of para-hydroxylation sites is 1. The highest BCUT2D eigenvalue weighted by Gasteiger charge is 2.32. The highest BCUT2D eigenvalue weighted by molar-refractivity contribution is 5.80. The Labute approximate surface area is 147 Å². The van der Waals surface area contributed by atoms with Gasteiger partial charge in [-0.1, -0.05) is 18.2 Å². The van der Waals surface area contributed by atoms with Gasteiger partial charge in [-0.2, -0.15) is 0 Å². The zero-order chi connectivity index (χ0) is 17.1. The van der Waals surface area contributed by atoms with Gasteiger partial charge in [-0.3, -0.25) is 0 Å². The van der Waals surface area contributed by atoms with Crippen molar-refractivity contribution >= 4 is 16.7 Å². The van der Waals surface area contributed by atoms with E-state index in [2.05, 4.69) is 55.5 Å². The molecule has 1 saturated heterocycles. The minimum atomic E-state index is 0.245. The first kappa shape index (κ1) is 16.1. The van der Waals surface area contributed by atoms with Crippen molar-refractivity contribution in [2.75, 3.05) is 25.1 Å². The van der Waals surface area contributed by atoms with E-state index in [9.17, 15) is 0 Å². The fraction of sp³-hybridized carbons (Fsp3) is 0.368. The predicted molar refractivity (Wildman–Crippen MR) is 98.6 cm³/mol. The summed E-state index contributed by atoms with van der Waals surface area (Å²) in [5.74, 6) is 0.965. The molecule has 2 aromatic heterocycles. The molecule has 1 aliphatic heterocycles. The average molecular weight is 337 g/mol. The lowest BCUT2D eigenvalue weighted by molar-refractivity contribution is 0.118. The summed E-state index contributed by atoms with van der Waals surface area (Å²) in [4.78, 5) is 14.2. The highest BCUT2D eigenvalue weighted by atomic mass is 16.5. The van der Waals surface area contributed by atoms with Crippen LogP contribution in [0.4, 0.5) is 5.82 Å². The second-order valence-corrected chi connectivity index (χ2v) is 6.48. The Morgan fingerprint density at radius 3 is 3.04 bits per heavy atom. The Hall–Kier alpha value is -2.44. The number of hydrogen-bond acceptors (Lipinski definition) is 5. The molecule has 2 N–H and O–H groups in total. The number of ether oxygens (including phenoxy) is 1. The van der Waals surface area contributed by atoms with E-state index in [1.807, 2.05) is 6.07 Å². The van der Waals surface area contributed by atoms with Crippen LogP contribution < -0.4 is 10.2 Å². The van der Waals surface area contributed by atoms with Crippen molar-refractivity contribution in [3.8, 4) is 0 Å². The van der Waals surface area contributed by atoms with Crippen molar-refractivity contribution in [2.45, 2.75) is 25.1 Å². The standard InChI is InChI=1S/C19H23N5O/c1-25-17-9-16(24(12-17)19-6-7-20-13-22-19)11-21-10-15-8-14-4-2-3-5-18(14)23-15/h2-8,13,16-17,21,23H,9-12H2,1H3/t16-,17-/m1/s1. The molecule has 2 atom stereocenters. The molecule has 6 heteroatoms. The number of aromatic nitrogens is 3. The van der Waals surface area contributed by atoms with Gasteiger partial charge in [0.05, 0.1) is 6.10 Å². The summed E-state index contributed by atoms with van der Waals surface area (Å²) in [5.41, 5.74) is 2.39. The molecule has 1 aromatic carbocycles. The summed E-state index contributed by atoms with van der Waals surface area (Å²) < 4.78 is 5.58. The maximum Gasteiger partial charge on any atom is 0.132 e. The zero-order valence-electron chi connectivity index (χ0n) is 14.4. The van der Waals surface area contributed by atoms with Crippen LogP contribution in [0.25, 0.3) is 10.9 Å². The molecule has 3 heterocycles. The monoisotopic (exact) mass is 337 g/mol. The quantitative estimate of drug-likeness (QED) is 0.723. The van der Waals surface area contributed by atoms with Crippen LogP contribution in [-0.2, 0) is 11.3 Å². The lowest BCUT2D eigenvalue weighted by Crippen LogP contribution is -2.38. The smallest absolute Gasteiger partial charge is 0.132 e. The number of rotatable bonds is 6. The van der Waals surface area contributed by atoms with Crippen LogP contribution in [-0.4, -0.2) is 47.3 Å². The van der Waals surface area contributed by atoms with Crippen LogP contribution in [0, 0.1) is 0 Å². The van der Waals surface area contributed by atoms with Gasteiger partial charge in [-0.25, -0.2) is 9.97 Å². The number of benzene rings is 1. The van der Waals surface area contributed by atoms with Crippen molar-refractivity contribution in [2.24, 2.45) is 0 Å². The molecular weight excluding hydrogens is 314 g/mol. The number of anilines is 1. The summed E-state index contributed by atoms with van der Waals surface area (Å²) >= 11 is 0. The molecule has 0 saturated carbocycles. The molecule has 0 bridgehead atoms. The van der Waals surface area contributed by atoms with Crippen molar-refractivity contribution in [1.29, 1.82) is 0 Å². The Balaban J connectivity index is 1.40. The number of nitrogens with zero attached hydrogens (tertiary/aromatic N) is 3. The largest absolute Gasteiger partial charge is 0.380 e. The summed E-state index contributed by atoms with van der Waals surface area (Å²) in [6.45, 7) is 2.58.